The highest BCUT2D eigenvalue weighted by Gasteiger charge is 2.13. The Morgan fingerprint density at radius 3 is 2.68 bits per heavy atom. The first-order valence-electron chi connectivity index (χ1n) is 9.57. The first-order chi connectivity index (χ1) is 15.0. The highest BCUT2D eigenvalue weighted by molar-refractivity contribution is 7.98. The number of aryl methyl sites for hydroxylation is 1. The molecule has 0 spiro atoms. The molecular formula is C23H21N3O4S. The number of carbonyl (C=O) groups is 1. The van der Waals surface area contributed by atoms with Crippen LogP contribution >= 0.6 is 11.8 Å². The highest BCUT2D eigenvalue weighted by Crippen LogP contribution is 2.33. The van der Waals surface area contributed by atoms with Gasteiger partial charge in [-0.15, -0.1) is 11.8 Å². The average molecular weight is 436 g/mol. The Balaban J connectivity index is 1.55. The number of rotatable bonds is 8. The molecule has 0 bridgehead atoms. The van der Waals surface area contributed by atoms with Crippen molar-refractivity contribution in [3.63, 3.8) is 0 Å². The molecular weight excluding hydrogens is 414 g/mol. The monoisotopic (exact) mass is 435 g/mol. The van der Waals surface area contributed by atoms with Crippen LogP contribution in [0.15, 0.2) is 65.7 Å². The third-order valence-electron chi connectivity index (χ3n) is 4.78. The fraction of sp³-hybridized carbons (Fsp3) is 0.174. The fourth-order valence-electron chi connectivity index (χ4n) is 3.11. The number of methoxy groups -OCH3 is 1. The molecule has 2 aromatic heterocycles. The minimum Gasteiger partial charge on any atom is -0.497 e. The Hall–Kier alpha value is -3.52. The third kappa shape index (κ3) is 4.80. The third-order valence-corrected chi connectivity index (χ3v) is 5.79. The van der Waals surface area contributed by atoms with E-state index in [2.05, 4.69) is 16.1 Å². The van der Waals surface area contributed by atoms with Gasteiger partial charge in [0, 0.05) is 35.0 Å². The van der Waals surface area contributed by atoms with E-state index in [-0.39, 0.29) is 5.69 Å². The summed E-state index contributed by atoms with van der Waals surface area (Å²) in [7, 11) is 3.39. The zero-order valence-electron chi connectivity index (χ0n) is 17.1. The number of hydrogen-bond donors (Lipinski definition) is 1. The lowest BCUT2D eigenvalue weighted by Crippen LogP contribution is -2.00. The van der Waals surface area contributed by atoms with Crippen molar-refractivity contribution < 1.29 is 19.4 Å². The van der Waals surface area contributed by atoms with Gasteiger partial charge in [0.1, 0.15) is 23.6 Å². The first-order valence-corrected chi connectivity index (χ1v) is 10.6. The predicted octanol–water partition coefficient (Wildman–Crippen LogP) is 4.55. The van der Waals surface area contributed by atoms with E-state index >= 15 is 0 Å². The Morgan fingerprint density at radius 2 is 1.97 bits per heavy atom. The number of pyridine rings is 1. The minimum atomic E-state index is -1.03. The number of thioether (sulfide) groups is 1. The minimum absolute atomic E-state index is 0.0457. The van der Waals surface area contributed by atoms with Crippen molar-refractivity contribution in [2.24, 2.45) is 7.05 Å². The van der Waals surface area contributed by atoms with Crippen LogP contribution in [0.4, 0.5) is 0 Å². The molecule has 2 aromatic carbocycles. The predicted molar refractivity (Wildman–Crippen MR) is 119 cm³/mol. The second-order valence-corrected chi connectivity index (χ2v) is 7.92. The van der Waals surface area contributed by atoms with E-state index in [0.29, 0.717) is 18.1 Å². The summed E-state index contributed by atoms with van der Waals surface area (Å²) in [6.07, 6.45) is 1.75. The van der Waals surface area contributed by atoms with Crippen molar-refractivity contribution >= 4 is 28.6 Å². The van der Waals surface area contributed by atoms with Gasteiger partial charge in [-0.2, -0.15) is 5.10 Å². The molecule has 7 nitrogen and oxygen atoms in total. The van der Waals surface area contributed by atoms with Crippen LogP contribution in [-0.4, -0.2) is 33.0 Å². The van der Waals surface area contributed by atoms with E-state index in [9.17, 15) is 4.79 Å². The van der Waals surface area contributed by atoms with E-state index in [1.54, 1.807) is 42.9 Å². The standard InChI is InChI=1S/C23H21N3O4S/c1-26-17(11-20(25-26)23(27)28)14-31-19-10-16-4-3-9-24-22(16)21(12-19)30-13-15-5-7-18(29-2)8-6-15/h3-12H,13-14H2,1-2H3,(H,27,28). The number of ether oxygens (including phenoxy) is 2. The Labute approximate surface area is 183 Å². The maximum Gasteiger partial charge on any atom is 0.356 e. The van der Waals surface area contributed by atoms with Crippen molar-refractivity contribution in [1.82, 2.24) is 14.8 Å². The van der Waals surface area contributed by atoms with Crippen molar-refractivity contribution in [2.45, 2.75) is 17.3 Å². The SMILES string of the molecule is COc1ccc(COc2cc(SCc3cc(C(=O)O)nn3C)cc3cccnc23)cc1. The molecule has 0 aliphatic rings. The van der Waals surface area contributed by atoms with Crippen molar-refractivity contribution in [1.29, 1.82) is 0 Å². The summed E-state index contributed by atoms with van der Waals surface area (Å²) in [6, 6.07) is 17.3. The maximum absolute atomic E-state index is 11.1. The van der Waals surface area contributed by atoms with Crippen molar-refractivity contribution in [3.05, 3.63) is 77.7 Å². The van der Waals surface area contributed by atoms with Crippen LogP contribution in [0, 0.1) is 0 Å². The summed E-state index contributed by atoms with van der Waals surface area (Å²) in [5, 5.41) is 14.1. The van der Waals surface area contributed by atoms with Crippen LogP contribution in [0.5, 0.6) is 11.5 Å². The molecule has 0 amide bonds. The van der Waals surface area contributed by atoms with Gasteiger partial charge in [0.25, 0.3) is 0 Å². The van der Waals surface area contributed by atoms with E-state index in [4.69, 9.17) is 14.6 Å². The fourth-order valence-corrected chi connectivity index (χ4v) is 4.10. The number of hydrogen-bond acceptors (Lipinski definition) is 6. The van der Waals surface area contributed by atoms with Crippen LogP contribution < -0.4 is 9.47 Å². The summed E-state index contributed by atoms with van der Waals surface area (Å²) in [5.41, 5.74) is 2.70. The molecule has 0 unspecified atom stereocenters. The summed E-state index contributed by atoms with van der Waals surface area (Å²) < 4.78 is 12.9. The van der Waals surface area contributed by atoms with Gasteiger partial charge in [-0.1, -0.05) is 18.2 Å². The van der Waals surface area contributed by atoms with Crippen LogP contribution in [0.25, 0.3) is 10.9 Å². The summed E-state index contributed by atoms with van der Waals surface area (Å²) in [5.74, 6) is 1.06. The average Bonchev–Trinajstić information content (AvgIpc) is 3.17. The second kappa shape index (κ2) is 9.09. The number of benzene rings is 2. The molecule has 4 rings (SSSR count). The van der Waals surface area contributed by atoms with Crippen LogP contribution in [-0.2, 0) is 19.4 Å². The van der Waals surface area contributed by atoms with Crippen molar-refractivity contribution in [3.8, 4) is 11.5 Å². The molecule has 0 saturated carbocycles. The van der Waals surface area contributed by atoms with Crippen LogP contribution in [0.3, 0.4) is 0 Å². The number of carboxylic acids is 1. The molecule has 0 fully saturated rings. The summed E-state index contributed by atoms with van der Waals surface area (Å²) in [4.78, 5) is 16.6. The quantitative estimate of drug-likeness (QED) is 0.406. The molecule has 0 aliphatic heterocycles. The molecule has 4 aromatic rings. The number of nitrogens with zero attached hydrogens (tertiary/aromatic N) is 3. The Morgan fingerprint density at radius 1 is 1.16 bits per heavy atom. The largest absolute Gasteiger partial charge is 0.497 e. The van der Waals surface area contributed by atoms with Gasteiger partial charge in [-0.05, 0) is 42.0 Å². The lowest BCUT2D eigenvalue weighted by atomic mass is 10.2. The molecule has 0 atom stereocenters. The topological polar surface area (TPSA) is 86.5 Å². The van der Waals surface area contributed by atoms with Crippen molar-refractivity contribution in [2.75, 3.05) is 7.11 Å². The smallest absolute Gasteiger partial charge is 0.356 e. The Kier molecular flexibility index (Phi) is 6.08. The summed E-state index contributed by atoms with van der Waals surface area (Å²) >= 11 is 1.59. The maximum atomic E-state index is 11.1. The van der Waals surface area contributed by atoms with Gasteiger partial charge < -0.3 is 14.6 Å². The molecule has 1 N–H and O–H groups in total. The van der Waals surface area contributed by atoms with Gasteiger partial charge in [0.05, 0.1) is 7.11 Å². The second-order valence-electron chi connectivity index (χ2n) is 6.87. The van der Waals surface area contributed by atoms with Gasteiger partial charge in [-0.25, -0.2) is 4.79 Å². The van der Waals surface area contributed by atoms with E-state index < -0.39 is 5.97 Å². The van der Waals surface area contributed by atoms with Gasteiger partial charge >= 0.3 is 5.97 Å². The molecule has 2 heterocycles. The van der Waals surface area contributed by atoms with Gasteiger partial charge in [-0.3, -0.25) is 9.67 Å². The molecule has 0 saturated heterocycles. The van der Waals surface area contributed by atoms with Gasteiger partial charge in [0.15, 0.2) is 5.69 Å². The molecule has 0 aliphatic carbocycles. The highest BCUT2D eigenvalue weighted by atomic mass is 32.2. The molecule has 31 heavy (non-hydrogen) atoms. The van der Waals surface area contributed by atoms with Gasteiger partial charge in [0.2, 0.25) is 0 Å². The zero-order valence-corrected chi connectivity index (χ0v) is 17.9. The number of aromatic carboxylic acids is 1. The lowest BCUT2D eigenvalue weighted by molar-refractivity contribution is 0.0689. The normalized spacial score (nSPS) is 10.9. The number of aromatic nitrogens is 3. The summed E-state index contributed by atoms with van der Waals surface area (Å²) in [6.45, 7) is 0.410. The van der Waals surface area contributed by atoms with Crippen LogP contribution in [0.2, 0.25) is 0 Å². The lowest BCUT2D eigenvalue weighted by Gasteiger charge is -2.12. The number of fused-ring (bicyclic) bond motifs is 1. The molecule has 158 valence electrons. The molecule has 0 radical (unpaired) electrons. The van der Waals surface area contributed by atoms with E-state index in [0.717, 1.165) is 32.8 Å². The van der Waals surface area contributed by atoms with E-state index in [1.807, 2.05) is 42.5 Å². The first kappa shape index (κ1) is 20.7. The molecule has 8 heteroatoms. The zero-order chi connectivity index (χ0) is 21.8. The van der Waals surface area contributed by atoms with E-state index in [1.165, 1.54) is 0 Å². The Bertz CT molecular complexity index is 1220. The van der Waals surface area contributed by atoms with Crippen LogP contribution in [0.1, 0.15) is 21.7 Å². The number of carboxylic acid groups (broad SMARTS) is 1.